The van der Waals surface area contributed by atoms with Crippen LogP contribution in [0.4, 0.5) is 0 Å². The second kappa shape index (κ2) is 10.1. The fourth-order valence-electron chi connectivity index (χ4n) is 13.4. The van der Waals surface area contributed by atoms with E-state index in [-0.39, 0.29) is 17.5 Å². The van der Waals surface area contributed by atoms with Gasteiger partial charge in [-0.2, -0.15) is 0 Å². The van der Waals surface area contributed by atoms with E-state index in [0.29, 0.717) is 10.8 Å². The Morgan fingerprint density at radius 2 is 1.60 bits per heavy atom. The molecule has 0 radical (unpaired) electrons. The summed E-state index contributed by atoms with van der Waals surface area (Å²) in [4.78, 5) is 13.7. The number of allylic oxidation sites excluding steroid dienone is 1. The van der Waals surface area contributed by atoms with Gasteiger partial charge in [-0.15, -0.1) is 0 Å². The Kier molecular flexibility index (Phi) is 7.10. The zero-order valence-corrected chi connectivity index (χ0v) is 26.7. The van der Waals surface area contributed by atoms with Crippen molar-refractivity contribution in [3.05, 3.63) is 11.6 Å². The van der Waals surface area contributed by atoms with Crippen molar-refractivity contribution in [3.63, 3.8) is 0 Å². The Morgan fingerprint density at radius 3 is 2.27 bits per heavy atom. The summed E-state index contributed by atoms with van der Waals surface area (Å²) in [5, 5.41) is 0. The zero-order valence-electron chi connectivity index (χ0n) is 26.7. The van der Waals surface area contributed by atoms with E-state index in [1.54, 1.807) is 5.57 Å². The molecule has 8 aliphatic carbocycles. The molecule has 0 aromatic heterocycles. The van der Waals surface area contributed by atoms with Gasteiger partial charge in [0.1, 0.15) is 6.10 Å². The molecule has 0 aromatic rings. The number of carbonyl (C=O) groups is 1. The molecule has 0 amide bonds. The van der Waals surface area contributed by atoms with Crippen LogP contribution in [-0.2, 0) is 9.53 Å². The van der Waals surface area contributed by atoms with E-state index >= 15 is 0 Å². The van der Waals surface area contributed by atoms with Crippen LogP contribution in [0.2, 0.25) is 0 Å². The number of hydrogen-bond donors (Lipinski definition) is 0. The van der Waals surface area contributed by atoms with Gasteiger partial charge < -0.3 is 4.74 Å². The van der Waals surface area contributed by atoms with Gasteiger partial charge in [0.2, 0.25) is 0 Å². The molecule has 4 bridgehead atoms. The summed E-state index contributed by atoms with van der Waals surface area (Å²) in [6.07, 6.45) is 25.1. The smallest absolute Gasteiger partial charge is 0.312 e. The second-order valence-electron chi connectivity index (χ2n) is 17.8. The molecule has 0 saturated heterocycles. The molecular formula is C38H60O2. The maximum absolute atomic E-state index is 13.7. The molecule has 0 N–H and O–H groups in total. The third kappa shape index (κ3) is 4.49. The van der Waals surface area contributed by atoms with E-state index in [1.165, 1.54) is 77.0 Å². The first-order valence-corrected chi connectivity index (χ1v) is 18.0. The average Bonchev–Trinajstić information content (AvgIpc) is 3.25. The molecule has 0 spiro atoms. The van der Waals surface area contributed by atoms with Gasteiger partial charge in [-0.05, 0) is 148 Å². The average molecular weight is 549 g/mol. The van der Waals surface area contributed by atoms with Crippen molar-refractivity contribution in [2.75, 3.05) is 0 Å². The highest BCUT2D eigenvalue weighted by molar-refractivity contribution is 5.77. The SMILES string of the molecule is CC(C)CCC[C@@H](C)[C@H]1CC[C@H]2[C@H]3CC=C4C[C@@H](OC(=O)C56CC7CC(CC(C7)C5)C6)CC[C@]4(C)[C@@H]3CC[C@]12C. The van der Waals surface area contributed by atoms with Crippen LogP contribution in [-0.4, -0.2) is 12.1 Å². The molecule has 2 nitrogen and oxygen atoms in total. The summed E-state index contributed by atoms with van der Waals surface area (Å²) < 4.78 is 6.50. The lowest BCUT2D eigenvalue weighted by Crippen LogP contribution is -2.52. The summed E-state index contributed by atoms with van der Waals surface area (Å²) in [5.74, 6) is 7.94. The predicted octanol–water partition coefficient (Wildman–Crippen LogP) is 10.2. The van der Waals surface area contributed by atoms with Gasteiger partial charge in [0.15, 0.2) is 0 Å². The normalized spacial score (nSPS) is 49.7. The molecule has 2 heteroatoms. The van der Waals surface area contributed by atoms with E-state index in [4.69, 9.17) is 4.74 Å². The third-order valence-corrected chi connectivity index (χ3v) is 15.0. The first-order chi connectivity index (χ1) is 19.1. The minimum absolute atomic E-state index is 0.111. The fourth-order valence-corrected chi connectivity index (χ4v) is 13.4. The number of hydrogen-bond acceptors (Lipinski definition) is 2. The van der Waals surface area contributed by atoms with Crippen LogP contribution in [0.5, 0.6) is 0 Å². The van der Waals surface area contributed by atoms with Crippen LogP contribution >= 0.6 is 0 Å². The molecule has 224 valence electrons. The molecule has 0 unspecified atom stereocenters. The van der Waals surface area contributed by atoms with Crippen molar-refractivity contribution in [1.29, 1.82) is 0 Å². The molecule has 8 aliphatic rings. The molecular weight excluding hydrogens is 488 g/mol. The molecule has 7 fully saturated rings. The largest absolute Gasteiger partial charge is 0.462 e. The van der Waals surface area contributed by atoms with Crippen molar-refractivity contribution >= 4 is 5.97 Å². The fraction of sp³-hybridized carbons (Fsp3) is 0.921. The van der Waals surface area contributed by atoms with Gasteiger partial charge in [-0.1, -0.05) is 65.5 Å². The van der Waals surface area contributed by atoms with Crippen molar-refractivity contribution in [2.45, 2.75) is 150 Å². The quantitative estimate of drug-likeness (QED) is 0.234. The monoisotopic (exact) mass is 548 g/mol. The van der Waals surface area contributed by atoms with Crippen LogP contribution in [0.25, 0.3) is 0 Å². The predicted molar refractivity (Wildman–Crippen MR) is 164 cm³/mol. The summed E-state index contributed by atoms with van der Waals surface area (Å²) >= 11 is 0. The van der Waals surface area contributed by atoms with Crippen molar-refractivity contribution in [2.24, 2.45) is 69.5 Å². The highest BCUT2D eigenvalue weighted by Gasteiger charge is 2.60. The van der Waals surface area contributed by atoms with E-state index in [0.717, 1.165) is 85.4 Å². The lowest BCUT2D eigenvalue weighted by Gasteiger charge is -2.58. The highest BCUT2D eigenvalue weighted by atomic mass is 16.5. The minimum atomic E-state index is -0.111. The number of esters is 1. The van der Waals surface area contributed by atoms with Crippen LogP contribution in [0.3, 0.4) is 0 Å². The Labute approximate surface area is 246 Å². The Balaban J connectivity index is 1.01. The highest BCUT2D eigenvalue weighted by Crippen LogP contribution is 2.68. The molecule has 8 rings (SSSR count). The van der Waals surface area contributed by atoms with E-state index < -0.39 is 0 Å². The Hall–Kier alpha value is -0.790. The molecule has 7 saturated carbocycles. The zero-order chi connectivity index (χ0) is 27.9. The van der Waals surface area contributed by atoms with E-state index in [9.17, 15) is 4.79 Å². The second-order valence-corrected chi connectivity index (χ2v) is 17.8. The number of ether oxygens (including phenoxy) is 1. The molecule has 40 heavy (non-hydrogen) atoms. The Morgan fingerprint density at radius 1 is 0.900 bits per heavy atom. The summed E-state index contributed by atoms with van der Waals surface area (Å²) in [5.41, 5.74) is 2.46. The first kappa shape index (κ1) is 28.0. The van der Waals surface area contributed by atoms with Gasteiger partial charge in [0.05, 0.1) is 5.41 Å². The summed E-state index contributed by atoms with van der Waals surface area (Å²) in [7, 11) is 0. The van der Waals surface area contributed by atoms with Gasteiger partial charge in [-0.25, -0.2) is 0 Å². The van der Waals surface area contributed by atoms with Crippen molar-refractivity contribution < 1.29 is 9.53 Å². The number of rotatable bonds is 7. The molecule has 0 heterocycles. The summed E-state index contributed by atoms with van der Waals surface area (Å²) in [6.45, 7) is 12.7. The van der Waals surface area contributed by atoms with E-state index in [1.807, 2.05) is 0 Å². The third-order valence-electron chi connectivity index (χ3n) is 15.0. The number of carbonyl (C=O) groups excluding carboxylic acids is 1. The maximum atomic E-state index is 13.7. The summed E-state index contributed by atoms with van der Waals surface area (Å²) in [6, 6.07) is 0. The Bertz CT molecular complexity index is 972. The van der Waals surface area contributed by atoms with Crippen LogP contribution in [0.1, 0.15) is 144 Å². The van der Waals surface area contributed by atoms with Gasteiger partial charge >= 0.3 is 5.97 Å². The lowest BCUT2D eigenvalue weighted by molar-refractivity contribution is -0.179. The van der Waals surface area contributed by atoms with Crippen molar-refractivity contribution in [1.82, 2.24) is 0 Å². The standard InChI is InChI=1S/C38H60O2/c1-24(2)7-6-8-25(3)32-11-12-33-31-10-9-29-20-30(13-15-36(29,4)34(31)14-16-37(32,33)5)40-35(39)38-21-26-17-27(22-38)19-28(18-26)23-38/h9,24-28,30-34H,6-8,10-23H2,1-5H3/t25-,26?,27?,28?,30+,31-,32-,33+,34-,36+,37-,38?/m1/s1. The van der Waals surface area contributed by atoms with E-state index in [2.05, 4.69) is 40.7 Å². The molecule has 0 aliphatic heterocycles. The van der Waals surface area contributed by atoms with Crippen LogP contribution < -0.4 is 0 Å². The van der Waals surface area contributed by atoms with Crippen LogP contribution in [0.15, 0.2) is 11.6 Å². The van der Waals surface area contributed by atoms with Gasteiger partial charge in [0, 0.05) is 6.42 Å². The van der Waals surface area contributed by atoms with Crippen LogP contribution in [0, 0.1) is 69.5 Å². The number of fused-ring (bicyclic) bond motifs is 5. The lowest BCUT2D eigenvalue weighted by atomic mass is 9.47. The van der Waals surface area contributed by atoms with Gasteiger partial charge in [-0.3, -0.25) is 4.79 Å². The van der Waals surface area contributed by atoms with Gasteiger partial charge in [0.25, 0.3) is 0 Å². The minimum Gasteiger partial charge on any atom is -0.462 e. The maximum Gasteiger partial charge on any atom is 0.312 e. The topological polar surface area (TPSA) is 26.3 Å². The molecule has 0 aromatic carbocycles. The molecule has 8 atom stereocenters. The van der Waals surface area contributed by atoms with Crippen molar-refractivity contribution in [3.8, 4) is 0 Å². The first-order valence-electron chi connectivity index (χ1n) is 18.0.